The summed E-state index contributed by atoms with van der Waals surface area (Å²) in [5, 5.41) is 0.136. The molecule has 0 spiro atoms. The molecule has 2 N–H and O–H groups in total. The molecule has 0 bridgehead atoms. The molecule has 3 rings (SSSR count). The van der Waals surface area contributed by atoms with E-state index < -0.39 is 10.0 Å². The summed E-state index contributed by atoms with van der Waals surface area (Å²) in [7, 11) is -1.71. The number of hydrogen-bond donors (Lipinski definition) is 1. The van der Waals surface area contributed by atoms with E-state index >= 15 is 0 Å². The van der Waals surface area contributed by atoms with Gasteiger partial charge in [0.1, 0.15) is 0 Å². The molecule has 1 aromatic rings. The highest BCUT2D eigenvalue weighted by atomic mass is 32.2. The van der Waals surface area contributed by atoms with Crippen molar-refractivity contribution in [3.8, 4) is 0 Å². The van der Waals surface area contributed by atoms with E-state index in [-0.39, 0.29) is 5.03 Å². The maximum absolute atomic E-state index is 12.7. The lowest BCUT2D eigenvalue weighted by Gasteiger charge is -2.43. The maximum atomic E-state index is 12.7. The largest absolute Gasteiger partial charge is 0.381 e. The molecule has 0 saturated carbocycles. The minimum Gasteiger partial charge on any atom is -0.381 e. The van der Waals surface area contributed by atoms with Crippen LogP contribution in [0.15, 0.2) is 17.6 Å². The molecule has 0 aliphatic carbocycles. The number of hydrogen-bond acceptors (Lipinski definition) is 6. The second-order valence-corrected chi connectivity index (χ2v) is 8.77. The first-order chi connectivity index (χ1) is 12.0. The van der Waals surface area contributed by atoms with E-state index in [0.29, 0.717) is 31.7 Å². The number of nitrogens with zero attached hydrogens (tertiary/aromatic N) is 4. The third-order valence-electron chi connectivity index (χ3n) is 5.23. The van der Waals surface area contributed by atoms with E-state index in [0.717, 1.165) is 45.4 Å². The van der Waals surface area contributed by atoms with Crippen LogP contribution in [0.3, 0.4) is 0 Å². The summed E-state index contributed by atoms with van der Waals surface area (Å²) in [6.45, 7) is 4.17. The molecule has 1 aromatic heterocycles. The highest BCUT2D eigenvalue weighted by molar-refractivity contribution is 7.89. The first kappa shape index (κ1) is 18.8. The van der Waals surface area contributed by atoms with Crippen molar-refractivity contribution in [1.29, 1.82) is 0 Å². The van der Waals surface area contributed by atoms with Gasteiger partial charge in [-0.05, 0) is 25.7 Å². The van der Waals surface area contributed by atoms with E-state index in [2.05, 4.69) is 9.88 Å². The smallest absolute Gasteiger partial charge is 0.262 e. The lowest BCUT2D eigenvalue weighted by Crippen LogP contribution is -2.52. The molecule has 0 aromatic carbocycles. The van der Waals surface area contributed by atoms with Gasteiger partial charge in [-0.15, -0.1) is 0 Å². The minimum absolute atomic E-state index is 0.136. The topological polar surface area (TPSA) is 93.7 Å². The molecule has 2 saturated heterocycles. The highest BCUT2D eigenvalue weighted by Crippen LogP contribution is 2.26. The normalized spacial score (nSPS) is 21.9. The molecule has 142 valence electrons. The minimum atomic E-state index is -3.49. The molecule has 3 heterocycles. The summed E-state index contributed by atoms with van der Waals surface area (Å²) in [4.78, 5) is 6.51. The van der Waals surface area contributed by atoms with Crippen LogP contribution in [0.5, 0.6) is 0 Å². The molecule has 2 aliphatic heterocycles. The fourth-order valence-electron chi connectivity index (χ4n) is 3.90. The summed E-state index contributed by atoms with van der Waals surface area (Å²) >= 11 is 0. The zero-order valence-electron chi connectivity index (χ0n) is 14.9. The molecule has 0 unspecified atom stereocenters. The SMILES string of the molecule is Cn1cnc(S(=O)(=O)N2CCC(N(CCN)C3CCOCC3)CC2)c1. The van der Waals surface area contributed by atoms with Crippen LogP contribution in [0.25, 0.3) is 0 Å². The predicted octanol–water partition coefficient (Wildman–Crippen LogP) is 0.0129. The van der Waals surface area contributed by atoms with E-state index in [4.69, 9.17) is 10.5 Å². The number of nitrogens with two attached hydrogens (primary N) is 1. The third kappa shape index (κ3) is 4.22. The Bertz CT molecular complexity index is 648. The van der Waals surface area contributed by atoms with Gasteiger partial charge >= 0.3 is 0 Å². The fourth-order valence-corrected chi connectivity index (χ4v) is 5.33. The van der Waals surface area contributed by atoms with Gasteiger partial charge in [0.25, 0.3) is 10.0 Å². The third-order valence-corrected chi connectivity index (χ3v) is 7.01. The Kier molecular flexibility index (Phi) is 6.11. The van der Waals surface area contributed by atoms with Crippen molar-refractivity contribution in [3.63, 3.8) is 0 Å². The Morgan fingerprint density at radius 2 is 1.88 bits per heavy atom. The Morgan fingerprint density at radius 1 is 1.24 bits per heavy atom. The van der Waals surface area contributed by atoms with Gasteiger partial charge < -0.3 is 15.0 Å². The van der Waals surface area contributed by atoms with Crippen molar-refractivity contribution < 1.29 is 13.2 Å². The van der Waals surface area contributed by atoms with Crippen LogP contribution >= 0.6 is 0 Å². The number of imidazole rings is 1. The number of aromatic nitrogens is 2. The Labute approximate surface area is 150 Å². The number of rotatable bonds is 6. The van der Waals surface area contributed by atoms with Gasteiger partial charge in [0.05, 0.1) is 6.33 Å². The summed E-state index contributed by atoms with van der Waals surface area (Å²) in [6.07, 6.45) is 6.82. The predicted molar refractivity (Wildman–Crippen MR) is 94.6 cm³/mol. The summed E-state index contributed by atoms with van der Waals surface area (Å²) in [5.74, 6) is 0. The van der Waals surface area contributed by atoms with Gasteiger partial charge in [-0.2, -0.15) is 4.31 Å². The Morgan fingerprint density at radius 3 is 2.44 bits per heavy atom. The second-order valence-electron chi connectivity index (χ2n) is 6.88. The second kappa shape index (κ2) is 8.13. The van der Waals surface area contributed by atoms with Gasteiger partial charge in [0, 0.05) is 64.7 Å². The van der Waals surface area contributed by atoms with Crippen LogP contribution in [0, 0.1) is 0 Å². The van der Waals surface area contributed by atoms with Crippen molar-refractivity contribution in [3.05, 3.63) is 12.5 Å². The monoisotopic (exact) mass is 371 g/mol. The molecule has 0 atom stereocenters. The van der Waals surface area contributed by atoms with Gasteiger partial charge in [-0.3, -0.25) is 4.90 Å². The van der Waals surface area contributed by atoms with Crippen molar-refractivity contribution in [2.75, 3.05) is 39.4 Å². The van der Waals surface area contributed by atoms with Crippen LogP contribution in [-0.2, 0) is 21.8 Å². The zero-order valence-corrected chi connectivity index (χ0v) is 15.7. The van der Waals surface area contributed by atoms with Crippen LogP contribution in [0.1, 0.15) is 25.7 Å². The number of sulfonamides is 1. The first-order valence-electron chi connectivity index (χ1n) is 9.04. The molecule has 2 aliphatic rings. The Balaban J connectivity index is 1.63. The molecule has 25 heavy (non-hydrogen) atoms. The molecule has 9 heteroatoms. The van der Waals surface area contributed by atoms with E-state index in [1.807, 2.05) is 0 Å². The van der Waals surface area contributed by atoms with Crippen molar-refractivity contribution in [2.24, 2.45) is 12.8 Å². The van der Waals surface area contributed by atoms with E-state index in [1.165, 1.54) is 6.33 Å². The summed E-state index contributed by atoms with van der Waals surface area (Å²) < 4.78 is 34.1. The molecule has 0 amide bonds. The molecular formula is C16H29N5O3S. The fraction of sp³-hybridized carbons (Fsp3) is 0.812. The molecule has 8 nitrogen and oxygen atoms in total. The number of piperidine rings is 1. The van der Waals surface area contributed by atoms with Crippen molar-refractivity contribution in [2.45, 2.75) is 42.8 Å². The zero-order chi connectivity index (χ0) is 17.9. The van der Waals surface area contributed by atoms with Crippen LogP contribution in [0.2, 0.25) is 0 Å². The standard InChI is InChI=1S/C16H29N5O3S/c1-19-12-16(18-13-19)25(22,23)20-7-2-14(3-8-20)21(9-6-17)15-4-10-24-11-5-15/h12-15H,2-11,17H2,1H3. The summed E-state index contributed by atoms with van der Waals surface area (Å²) in [5.41, 5.74) is 5.83. The number of aryl methyl sites for hydroxylation is 1. The van der Waals surface area contributed by atoms with E-state index in [1.54, 1.807) is 22.1 Å². The summed E-state index contributed by atoms with van der Waals surface area (Å²) in [6, 6.07) is 0.892. The quantitative estimate of drug-likeness (QED) is 0.757. The molecular weight excluding hydrogens is 342 g/mol. The van der Waals surface area contributed by atoms with E-state index in [9.17, 15) is 8.42 Å². The van der Waals surface area contributed by atoms with Gasteiger partial charge in [-0.25, -0.2) is 13.4 Å². The van der Waals surface area contributed by atoms with Crippen molar-refractivity contribution in [1.82, 2.24) is 18.8 Å². The van der Waals surface area contributed by atoms with Crippen LogP contribution < -0.4 is 5.73 Å². The average molecular weight is 372 g/mol. The lowest BCUT2D eigenvalue weighted by molar-refractivity contribution is 0.00837. The first-order valence-corrected chi connectivity index (χ1v) is 10.5. The molecule has 0 radical (unpaired) electrons. The molecule has 2 fully saturated rings. The van der Waals surface area contributed by atoms with Crippen LogP contribution in [-0.4, -0.2) is 78.7 Å². The highest BCUT2D eigenvalue weighted by Gasteiger charge is 2.35. The van der Waals surface area contributed by atoms with Gasteiger partial charge in [0.2, 0.25) is 0 Å². The van der Waals surface area contributed by atoms with Crippen molar-refractivity contribution >= 4 is 10.0 Å². The maximum Gasteiger partial charge on any atom is 0.262 e. The van der Waals surface area contributed by atoms with Gasteiger partial charge in [0.15, 0.2) is 5.03 Å². The lowest BCUT2D eigenvalue weighted by atomic mass is 9.99. The number of ether oxygens (including phenoxy) is 1. The van der Waals surface area contributed by atoms with Gasteiger partial charge in [-0.1, -0.05) is 0 Å². The average Bonchev–Trinajstić information content (AvgIpc) is 3.08. The Hall–Kier alpha value is -1.00. The van der Waals surface area contributed by atoms with Crippen LogP contribution in [0.4, 0.5) is 0 Å².